The van der Waals surface area contributed by atoms with Gasteiger partial charge in [-0.15, -0.1) is 24.0 Å². The lowest BCUT2D eigenvalue weighted by Crippen LogP contribution is -2.42. The number of nitrogens with zero attached hydrogens (tertiary/aromatic N) is 1. The van der Waals surface area contributed by atoms with Crippen molar-refractivity contribution in [3.8, 4) is 0 Å². The van der Waals surface area contributed by atoms with Crippen LogP contribution >= 0.6 is 24.0 Å². The summed E-state index contributed by atoms with van der Waals surface area (Å²) in [4.78, 5) is 4.62. The van der Waals surface area contributed by atoms with Gasteiger partial charge in [-0.25, -0.2) is 4.39 Å². The summed E-state index contributed by atoms with van der Waals surface area (Å²) in [6, 6.07) is 7.39. The Morgan fingerprint density at radius 2 is 2.09 bits per heavy atom. The summed E-state index contributed by atoms with van der Waals surface area (Å²) >= 11 is 0. The summed E-state index contributed by atoms with van der Waals surface area (Å²) in [6.07, 6.45) is 6.92. The van der Waals surface area contributed by atoms with Crippen LogP contribution in [-0.4, -0.2) is 25.1 Å². The van der Waals surface area contributed by atoms with Gasteiger partial charge in [0.05, 0.1) is 0 Å². The normalized spacial score (nSPS) is 15.5. The van der Waals surface area contributed by atoms with Crippen LogP contribution in [0, 0.1) is 5.82 Å². The van der Waals surface area contributed by atoms with Crippen molar-refractivity contribution >= 4 is 29.9 Å². The van der Waals surface area contributed by atoms with E-state index in [0.717, 1.165) is 37.5 Å². The highest BCUT2D eigenvalue weighted by Gasteiger charge is 2.15. The summed E-state index contributed by atoms with van der Waals surface area (Å²) in [5.41, 5.74) is 1.04. The maximum atomic E-state index is 13.1. The number of guanidine groups is 1. The van der Waals surface area contributed by atoms with E-state index in [1.807, 2.05) is 6.07 Å². The van der Waals surface area contributed by atoms with E-state index in [9.17, 15) is 4.39 Å². The maximum absolute atomic E-state index is 13.1. The summed E-state index contributed by atoms with van der Waals surface area (Å²) in [5.74, 6) is 0.760. The average Bonchev–Trinajstić information content (AvgIpc) is 2.97. The van der Waals surface area contributed by atoms with Gasteiger partial charge < -0.3 is 10.6 Å². The minimum atomic E-state index is -0.160. The van der Waals surface area contributed by atoms with Crippen LogP contribution < -0.4 is 10.6 Å². The summed E-state index contributed by atoms with van der Waals surface area (Å²) in [6.45, 7) is 3.72. The van der Waals surface area contributed by atoms with E-state index in [1.54, 1.807) is 12.1 Å². The van der Waals surface area contributed by atoms with Crippen LogP contribution in [0.15, 0.2) is 29.3 Å². The van der Waals surface area contributed by atoms with Crippen molar-refractivity contribution in [1.82, 2.24) is 10.6 Å². The molecule has 1 saturated carbocycles. The quantitative estimate of drug-likeness (QED) is 0.318. The van der Waals surface area contributed by atoms with Gasteiger partial charge in [0.2, 0.25) is 0 Å². The molecule has 22 heavy (non-hydrogen) atoms. The second kappa shape index (κ2) is 10.8. The van der Waals surface area contributed by atoms with E-state index in [0.29, 0.717) is 6.04 Å². The van der Waals surface area contributed by atoms with Gasteiger partial charge in [0, 0.05) is 19.1 Å². The molecule has 0 amide bonds. The highest BCUT2D eigenvalue weighted by molar-refractivity contribution is 14.0. The van der Waals surface area contributed by atoms with Crippen molar-refractivity contribution < 1.29 is 4.39 Å². The van der Waals surface area contributed by atoms with Crippen LogP contribution in [0.3, 0.4) is 0 Å². The van der Waals surface area contributed by atoms with Gasteiger partial charge in [-0.2, -0.15) is 0 Å². The predicted molar refractivity (Wildman–Crippen MR) is 102 cm³/mol. The maximum Gasteiger partial charge on any atom is 0.191 e. The molecule has 0 bridgehead atoms. The van der Waals surface area contributed by atoms with Crippen molar-refractivity contribution in [3.63, 3.8) is 0 Å². The fourth-order valence-corrected chi connectivity index (χ4v) is 2.75. The van der Waals surface area contributed by atoms with E-state index in [-0.39, 0.29) is 29.8 Å². The van der Waals surface area contributed by atoms with Crippen molar-refractivity contribution in [3.05, 3.63) is 35.6 Å². The Balaban J connectivity index is 0.00000242. The minimum absolute atomic E-state index is 0. The van der Waals surface area contributed by atoms with Gasteiger partial charge in [-0.3, -0.25) is 4.99 Å². The van der Waals surface area contributed by atoms with Crippen LogP contribution in [0.4, 0.5) is 4.39 Å². The Labute approximate surface area is 150 Å². The van der Waals surface area contributed by atoms with Crippen molar-refractivity contribution in [1.29, 1.82) is 0 Å². The van der Waals surface area contributed by atoms with E-state index in [2.05, 4.69) is 22.5 Å². The molecular weight excluding hydrogens is 392 g/mol. The van der Waals surface area contributed by atoms with Crippen LogP contribution in [-0.2, 0) is 6.42 Å². The van der Waals surface area contributed by atoms with Gasteiger partial charge in [0.15, 0.2) is 5.96 Å². The molecule has 0 saturated heterocycles. The highest BCUT2D eigenvalue weighted by atomic mass is 127. The second-order valence-electron chi connectivity index (χ2n) is 5.62. The molecule has 1 fully saturated rings. The Morgan fingerprint density at radius 1 is 1.32 bits per heavy atom. The topological polar surface area (TPSA) is 36.4 Å². The average molecular weight is 419 g/mol. The lowest BCUT2D eigenvalue weighted by atomic mass is 10.1. The van der Waals surface area contributed by atoms with Gasteiger partial charge in [0.25, 0.3) is 0 Å². The molecule has 5 heteroatoms. The standard InChI is InChI=1S/C17H26FN3.HI/c1-2-19-17(21-16-10-3-4-11-16)20-12-6-8-14-7-5-9-15(18)13-14;/h5,7,9,13,16H,2-4,6,8,10-12H2,1H3,(H2,19,20,21);1H. The Bertz CT molecular complexity index is 459. The first-order valence-corrected chi connectivity index (χ1v) is 8.07. The zero-order valence-corrected chi connectivity index (χ0v) is 15.6. The van der Waals surface area contributed by atoms with Crippen LogP contribution in [0.2, 0.25) is 0 Å². The van der Waals surface area contributed by atoms with E-state index in [1.165, 1.54) is 31.7 Å². The lowest BCUT2D eigenvalue weighted by Gasteiger charge is -2.16. The van der Waals surface area contributed by atoms with Crippen LogP contribution in [0.5, 0.6) is 0 Å². The molecule has 124 valence electrons. The zero-order chi connectivity index (χ0) is 14.9. The highest BCUT2D eigenvalue weighted by Crippen LogP contribution is 2.17. The summed E-state index contributed by atoms with van der Waals surface area (Å²) < 4.78 is 13.1. The molecule has 0 spiro atoms. The van der Waals surface area contributed by atoms with Crippen molar-refractivity contribution in [2.45, 2.75) is 51.5 Å². The number of hydrogen-bond acceptors (Lipinski definition) is 1. The molecule has 2 N–H and O–H groups in total. The first-order valence-electron chi connectivity index (χ1n) is 8.07. The molecule has 3 nitrogen and oxygen atoms in total. The Morgan fingerprint density at radius 3 is 2.77 bits per heavy atom. The van der Waals surface area contributed by atoms with Gasteiger partial charge in [-0.05, 0) is 50.3 Å². The minimum Gasteiger partial charge on any atom is -0.357 e. The van der Waals surface area contributed by atoms with Crippen LogP contribution in [0.1, 0.15) is 44.6 Å². The van der Waals surface area contributed by atoms with E-state index in [4.69, 9.17) is 0 Å². The van der Waals surface area contributed by atoms with Gasteiger partial charge in [-0.1, -0.05) is 25.0 Å². The number of nitrogens with one attached hydrogen (secondary N) is 2. The Kier molecular flexibility index (Phi) is 9.43. The first kappa shape index (κ1) is 19.2. The van der Waals surface area contributed by atoms with E-state index < -0.39 is 0 Å². The van der Waals surface area contributed by atoms with Crippen molar-refractivity contribution in [2.75, 3.05) is 13.1 Å². The number of aliphatic imine (C=N–C) groups is 1. The molecular formula is C17H27FIN3. The number of benzene rings is 1. The third-order valence-corrected chi connectivity index (χ3v) is 3.82. The molecule has 0 aliphatic heterocycles. The van der Waals surface area contributed by atoms with Gasteiger partial charge in [0.1, 0.15) is 5.82 Å². The molecule has 0 unspecified atom stereocenters. The lowest BCUT2D eigenvalue weighted by molar-refractivity contribution is 0.612. The SMILES string of the molecule is CCNC(=NCCCc1cccc(F)c1)NC1CCCC1.I. The van der Waals surface area contributed by atoms with Gasteiger partial charge >= 0.3 is 0 Å². The number of halogens is 2. The number of rotatable bonds is 6. The molecule has 1 aliphatic rings. The van der Waals surface area contributed by atoms with Crippen LogP contribution in [0.25, 0.3) is 0 Å². The fraction of sp³-hybridized carbons (Fsp3) is 0.588. The molecule has 0 atom stereocenters. The Hall–Kier alpha value is -0.850. The second-order valence-corrected chi connectivity index (χ2v) is 5.62. The smallest absolute Gasteiger partial charge is 0.191 e. The zero-order valence-electron chi connectivity index (χ0n) is 13.3. The molecule has 2 rings (SSSR count). The molecule has 1 aromatic carbocycles. The van der Waals surface area contributed by atoms with E-state index >= 15 is 0 Å². The predicted octanol–water partition coefficient (Wildman–Crippen LogP) is 3.87. The number of aryl methyl sites for hydroxylation is 1. The molecule has 0 aromatic heterocycles. The van der Waals surface area contributed by atoms with Crippen molar-refractivity contribution in [2.24, 2.45) is 4.99 Å². The molecule has 1 aromatic rings. The number of hydrogen-bond donors (Lipinski definition) is 2. The molecule has 0 radical (unpaired) electrons. The molecule has 1 aliphatic carbocycles. The fourth-order valence-electron chi connectivity index (χ4n) is 2.75. The summed E-state index contributed by atoms with van der Waals surface area (Å²) in [7, 11) is 0. The third kappa shape index (κ3) is 6.94. The summed E-state index contributed by atoms with van der Waals surface area (Å²) in [5, 5.41) is 6.80. The third-order valence-electron chi connectivity index (χ3n) is 3.82. The monoisotopic (exact) mass is 419 g/mol. The largest absolute Gasteiger partial charge is 0.357 e. The first-order chi connectivity index (χ1) is 10.3. The molecule has 0 heterocycles.